The third-order valence-electron chi connectivity index (χ3n) is 5.09. The number of rotatable bonds is 5. The second-order valence-corrected chi connectivity index (χ2v) is 6.79. The molecule has 1 saturated heterocycles. The van der Waals surface area contributed by atoms with Gasteiger partial charge in [0.25, 0.3) is 5.91 Å². The molecule has 0 spiro atoms. The van der Waals surface area contributed by atoms with Gasteiger partial charge in [-0.25, -0.2) is 0 Å². The number of amides is 2. The van der Waals surface area contributed by atoms with Gasteiger partial charge in [0, 0.05) is 36.9 Å². The van der Waals surface area contributed by atoms with Gasteiger partial charge in [-0.2, -0.15) is 5.10 Å². The van der Waals surface area contributed by atoms with E-state index in [-0.39, 0.29) is 24.3 Å². The zero-order chi connectivity index (χ0) is 16.9. The third-order valence-corrected chi connectivity index (χ3v) is 5.09. The number of nitrogens with two attached hydrogens (primary N) is 1. The number of carbonyl (C=O) groups is 2. The number of primary amides is 1. The van der Waals surface area contributed by atoms with Crippen molar-refractivity contribution in [1.29, 1.82) is 0 Å². The molecule has 7 nitrogen and oxygen atoms in total. The SMILES string of the molecule is NC(=O)CC(NC(=O)c1n[nH]c2c1CCCCC2)C1CCOCC1. The highest BCUT2D eigenvalue weighted by molar-refractivity contribution is 5.94. The molecule has 1 fully saturated rings. The fourth-order valence-electron chi connectivity index (χ4n) is 3.75. The fraction of sp³-hybridized carbons (Fsp3) is 0.706. The van der Waals surface area contributed by atoms with E-state index >= 15 is 0 Å². The van der Waals surface area contributed by atoms with Crippen LogP contribution in [0.15, 0.2) is 0 Å². The lowest BCUT2D eigenvalue weighted by Gasteiger charge is -2.30. The van der Waals surface area contributed by atoms with Crippen molar-refractivity contribution in [2.24, 2.45) is 11.7 Å². The van der Waals surface area contributed by atoms with E-state index in [0.29, 0.717) is 18.9 Å². The minimum absolute atomic E-state index is 0.156. The summed E-state index contributed by atoms with van der Waals surface area (Å²) in [4.78, 5) is 24.2. The van der Waals surface area contributed by atoms with E-state index < -0.39 is 5.91 Å². The van der Waals surface area contributed by atoms with E-state index in [1.165, 1.54) is 6.42 Å². The molecule has 2 amide bonds. The van der Waals surface area contributed by atoms with Crippen LogP contribution in [0.2, 0.25) is 0 Å². The first-order valence-corrected chi connectivity index (χ1v) is 8.88. The lowest BCUT2D eigenvalue weighted by molar-refractivity contribution is -0.118. The van der Waals surface area contributed by atoms with E-state index in [0.717, 1.165) is 49.8 Å². The van der Waals surface area contributed by atoms with E-state index in [9.17, 15) is 9.59 Å². The lowest BCUT2D eigenvalue weighted by Crippen LogP contribution is -2.45. The number of hydrogen-bond donors (Lipinski definition) is 3. The molecule has 1 aliphatic carbocycles. The van der Waals surface area contributed by atoms with Crippen molar-refractivity contribution < 1.29 is 14.3 Å². The van der Waals surface area contributed by atoms with Crippen molar-refractivity contribution in [1.82, 2.24) is 15.5 Å². The third kappa shape index (κ3) is 3.95. The number of fused-ring (bicyclic) bond motifs is 1. The molecule has 0 radical (unpaired) electrons. The van der Waals surface area contributed by atoms with Crippen LogP contribution < -0.4 is 11.1 Å². The van der Waals surface area contributed by atoms with Crippen molar-refractivity contribution in [2.75, 3.05) is 13.2 Å². The monoisotopic (exact) mass is 334 g/mol. The molecule has 1 aliphatic heterocycles. The number of aromatic nitrogens is 2. The van der Waals surface area contributed by atoms with Gasteiger partial charge in [-0.3, -0.25) is 14.7 Å². The highest BCUT2D eigenvalue weighted by atomic mass is 16.5. The Morgan fingerprint density at radius 2 is 2.00 bits per heavy atom. The van der Waals surface area contributed by atoms with Gasteiger partial charge in [0.05, 0.1) is 0 Å². The van der Waals surface area contributed by atoms with Crippen molar-refractivity contribution >= 4 is 11.8 Å². The smallest absolute Gasteiger partial charge is 0.272 e. The molecule has 1 aromatic rings. The average Bonchev–Trinajstić information content (AvgIpc) is 2.83. The van der Waals surface area contributed by atoms with Crippen molar-refractivity contribution in [2.45, 2.75) is 57.4 Å². The van der Waals surface area contributed by atoms with Crippen LogP contribution in [0.4, 0.5) is 0 Å². The molecule has 132 valence electrons. The Hall–Kier alpha value is -1.89. The van der Waals surface area contributed by atoms with Crippen LogP contribution in [-0.2, 0) is 22.4 Å². The first-order valence-electron chi connectivity index (χ1n) is 8.88. The summed E-state index contributed by atoms with van der Waals surface area (Å²) in [5, 5.41) is 10.3. The van der Waals surface area contributed by atoms with Gasteiger partial charge in [-0.05, 0) is 44.4 Å². The van der Waals surface area contributed by atoms with Crippen LogP contribution in [0, 0.1) is 5.92 Å². The number of hydrogen-bond acceptors (Lipinski definition) is 4. The Balaban J connectivity index is 1.73. The Kier molecular flexibility index (Phi) is 5.50. The maximum Gasteiger partial charge on any atom is 0.272 e. The molecule has 24 heavy (non-hydrogen) atoms. The highest BCUT2D eigenvalue weighted by Gasteiger charge is 2.29. The molecule has 1 unspecified atom stereocenters. The van der Waals surface area contributed by atoms with Crippen molar-refractivity contribution in [3.05, 3.63) is 17.0 Å². The summed E-state index contributed by atoms with van der Waals surface area (Å²) in [6, 6.07) is -0.253. The largest absolute Gasteiger partial charge is 0.381 e. The zero-order valence-corrected chi connectivity index (χ0v) is 14.0. The second kappa shape index (κ2) is 7.79. The van der Waals surface area contributed by atoms with E-state index in [1.54, 1.807) is 0 Å². The molecule has 1 atom stereocenters. The van der Waals surface area contributed by atoms with Gasteiger partial charge in [-0.15, -0.1) is 0 Å². The van der Waals surface area contributed by atoms with Crippen LogP contribution in [0.1, 0.15) is 60.3 Å². The highest BCUT2D eigenvalue weighted by Crippen LogP contribution is 2.24. The van der Waals surface area contributed by atoms with Crippen LogP contribution in [0.25, 0.3) is 0 Å². The molecule has 7 heteroatoms. The summed E-state index contributed by atoms with van der Waals surface area (Å²) in [6.45, 7) is 1.32. The molecular weight excluding hydrogens is 308 g/mol. The van der Waals surface area contributed by atoms with Crippen LogP contribution >= 0.6 is 0 Å². The Bertz CT molecular complexity index is 593. The van der Waals surface area contributed by atoms with Gasteiger partial charge in [0.2, 0.25) is 5.91 Å². The number of nitrogens with zero attached hydrogens (tertiary/aromatic N) is 1. The first-order chi connectivity index (χ1) is 11.6. The summed E-state index contributed by atoms with van der Waals surface area (Å²) >= 11 is 0. The van der Waals surface area contributed by atoms with Crippen LogP contribution in [0.5, 0.6) is 0 Å². The van der Waals surface area contributed by atoms with Crippen LogP contribution in [-0.4, -0.2) is 41.3 Å². The molecule has 4 N–H and O–H groups in total. The van der Waals surface area contributed by atoms with Gasteiger partial charge in [-0.1, -0.05) is 6.42 Å². The fourth-order valence-corrected chi connectivity index (χ4v) is 3.75. The lowest BCUT2D eigenvalue weighted by atomic mass is 9.89. The number of aromatic amines is 1. The quantitative estimate of drug-likeness (QED) is 0.700. The molecule has 2 aliphatic rings. The molecular formula is C17H26N4O3. The summed E-state index contributed by atoms with van der Waals surface area (Å²) in [5.41, 5.74) is 7.98. The topological polar surface area (TPSA) is 110 Å². The standard InChI is InChI=1S/C17H26N4O3/c18-15(22)10-14(11-6-8-24-9-7-11)19-17(23)16-12-4-2-1-3-5-13(12)20-21-16/h11,14H,1-10H2,(H2,18,22)(H,19,23)(H,20,21). The predicted octanol–water partition coefficient (Wildman–Crippen LogP) is 1.08. The van der Waals surface area contributed by atoms with Crippen LogP contribution in [0.3, 0.4) is 0 Å². The Labute approximate surface area is 141 Å². The predicted molar refractivity (Wildman–Crippen MR) is 88.5 cm³/mol. The normalized spacial score (nSPS) is 20.0. The minimum atomic E-state index is -0.396. The Morgan fingerprint density at radius 1 is 1.25 bits per heavy atom. The minimum Gasteiger partial charge on any atom is -0.381 e. The summed E-state index contributed by atoms with van der Waals surface area (Å²) < 4.78 is 5.37. The van der Waals surface area contributed by atoms with Gasteiger partial charge >= 0.3 is 0 Å². The van der Waals surface area contributed by atoms with E-state index in [2.05, 4.69) is 15.5 Å². The number of nitrogens with one attached hydrogen (secondary N) is 2. The van der Waals surface area contributed by atoms with E-state index in [1.807, 2.05) is 0 Å². The van der Waals surface area contributed by atoms with Gasteiger partial charge in [0.15, 0.2) is 5.69 Å². The second-order valence-electron chi connectivity index (χ2n) is 6.79. The average molecular weight is 334 g/mol. The van der Waals surface area contributed by atoms with Gasteiger partial charge < -0.3 is 15.8 Å². The van der Waals surface area contributed by atoms with E-state index in [4.69, 9.17) is 10.5 Å². The van der Waals surface area contributed by atoms with Crippen molar-refractivity contribution in [3.63, 3.8) is 0 Å². The summed E-state index contributed by atoms with van der Waals surface area (Å²) in [5.74, 6) is -0.382. The summed E-state index contributed by atoms with van der Waals surface area (Å²) in [6.07, 6.45) is 7.03. The van der Waals surface area contributed by atoms with Gasteiger partial charge in [0.1, 0.15) is 0 Å². The maximum absolute atomic E-state index is 12.7. The molecule has 2 heterocycles. The molecule has 1 aromatic heterocycles. The first kappa shape index (κ1) is 17.0. The molecule has 0 aromatic carbocycles. The number of aryl methyl sites for hydroxylation is 1. The number of ether oxygens (including phenoxy) is 1. The van der Waals surface area contributed by atoms with Crippen molar-refractivity contribution in [3.8, 4) is 0 Å². The molecule has 3 rings (SSSR count). The molecule has 0 saturated carbocycles. The maximum atomic E-state index is 12.7. The summed E-state index contributed by atoms with van der Waals surface area (Å²) in [7, 11) is 0. The number of H-pyrrole nitrogens is 1. The number of carbonyl (C=O) groups excluding carboxylic acids is 2. The zero-order valence-electron chi connectivity index (χ0n) is 14.0. The Morgan fingerprint density at radius 3 is 2.75 bits per heavy atom. The molecule has 0 bridgehead atoms.